The Labute approximate surface area is 160 Å². The van der Waals surface area contributed by atoms with Crippen LogP contribution in [0.15, 0.2) is 77.4 Å². The lowest BCUT2D eigenvalue weighted by molar-refractivity contribution is -0.132. The zero-order chi connectivity index (χ0) is 18.9. The van der Waals surface area contributed by atoms with E-state index in [0.717, 1.165) is 12.2 Å². The van der Waals surface area contributed by atoms with Crippen LogP contribution in [-0.4, -0.2) is 5.91 Å². The van der Waals surface area contributed by atoms with E-state index < -0.39 is 5.41 Å². The molecule has 3 heteroatoms. The van der Waals surface area contributed by atoms with Gasteiger partial charge in [0.05, 0.1) is 18.2 Å². The molecule has 0 saturated heterocycles. The zero-order valence-corrected chi connectivity index (χ0v) is 15.8. The minimum Gasteiger partial charge on any atom is -0.467 e. The summed E-state index contributed by atoms with van der Waals surface area (Å²) in [4.78, 5) is 13.4. The van der Waals surface area contributed by atoms with Crippen LogP contribution < -0.4 is 5.32 Å². The molecule has 0 saturated carbocycles. The molecule has 0 radical (unpaired) electrons. The summed E-state index contributed by atoms with van der Waals surface area (Å²) in [6.45, 7) is 4.74. The standard InChI is InChI=1S/C24H25NO2/c1-17-15-24(2,23(26)25-16-19-11-8-14-27-19)22(18-9-4-3-5-10-18)21-13-7-6-12-20(17)21/h3-14,17,22H,15-16H2,1-2H3,(H,25,26)/t17-,22-,24-/m1/s1. The Morgan fingerprint density at radius 1 is 1.04 bits per heavy atom. The van der Waals surface area contributed by atoms with E-state index in [9.17, 15) is 4.79 Å². The number of benzene rings is 2. The molecule has 1 aliphatic carbocycles. The van der Waals surface area contributed by atoms with Gasteiger partial charge in [0.1, 0.15) is 5.76 Å². The molecule has 1 aliphatic rings. The van der Waals surface area contributed by atoms with Crippen LogP contribution in [0, 0.1) is 5.41 Å². The number of furan rings is 1. The maximum Gasteiger partial charge on any atom is 0.227 e. The summed E-state index contributed by atoms with van der Waals surface area (Å²) >= 11 is 0. The quantitative estimate of drug-likeness (QED) is 0.692. The molecular weight excluding hydrogens is 334 g/mol. The number of fused-ring (bicyclic) bond motifs is 1. The first-order chi connectivity index (χ1) is 13.1. The van der Waals surface area contributed by atoms with E-state index in [1.54, 1.807) is 6.26 Å². The van der Waals surface area contributed by atoms with E-state index in [2.05, 4.69) is 67.7 Å². The van der Waals surface area contributed by atoms with Crippen LogP contribution >= 0.6 is 0 Å². The summed E-state index contributed by atoms with van der Waals surface area (Å²) in [5.74, 6) is 1.21. The smallest absolute Gasteiger partial charge is 0.227 e. The summed E-state index contributed by atoms with van der Waals surface area (Å²) < 4.78 is 5.38. The minimum absolute atomic E-state index is 0.0303. The molecule has 1 amide bonds. The zero-order valence-electron chi connectivity index (χ0n) is 15.8. The Morgan fingerprint density at radius 2 is 1.74 bits per heavy atom. The first kappa shape index (κ1) is 17.6. The molecule has 0 fully saturated rings. The lowest BCUT2D eigenvalue weighted by Crippen LogP contribution is -2.46. The van der Waals surface area contributed by atoms with Gasteiger partial charge >= 0.3 is 0 Å². The van der Waals surface area contributed by atoms with Gasteiger partial charge in [-0.25, -0.2) is 0 Å². The van der Waals surface area contributed by atoms with Gasteiger partial charge < -0.3 is 9.73 Å². The van der Waals surface area contributed by atoms with Crippen molar-refractivity contribution in [2.45, 2.75) is 38.6 Å². The maximum absolute atomic E-state index is 13.4. The Morgan fingerprint density at radius 3 is 2.44 bits per heavy atom. The molecule has 138 valence electrons. The highest BCUT2D eigenvalue weighted by Gasteiger charge is 2.47. The molecule has 1 aromatic heterocycles. The van der Waals surface area contributed by atoms with Gasteiger partial charge in [0.2, 0.25) is 5.91 Å². The van der Waals surface area contributed by atoms with Gasteiger partial charge in [-0.15, -0.1) is 0 Å². The van der Waals surface area contributed by atoms with Crippen LogP contribution in [-0.2, 0) is 11.3 Å². The lowest BCUT2D eigenvalue weighted by atomic mass is 9.59. The fraction of sp³-hybridized carbons (Fsp3) is 0.292. The molecule has 0 spiro atoms. The summed E-state index contributed by atoms with van der Waals surface area (Å²) in [6.07, 6.45) is 2.45. The van der Waals surface area contributed by atoms with E-state index >= 15 is 0 Å². The minimum atomic E-state index is -0.526. The van der Waals surface area contributed by atoms with Gasteiger partial charge in [-0.3, -0.25) is 4.79 Å². The Bertz CT molecular complexity index is 917. The van der Waals surface area contributed by atoms with Crippen molar-refractivity contribution < 1.29 is 9.21 Å². The third-order valence-corrected chi connectivity index (χ3v) is 5.86. The van der Waals surface area contributed by atoms with Crippen molar-refractivity contribution >= 4 is 5.91 Å². The lowest BCUT2D eigenvalue weighted by Gasteiger charge is -2.44. The van der Waals surface area contributed by atoms with Crippen molar-refractivity contribution in [2.24, 2.45) is 5.41 Å². The largest absolute Gasteiger partial charge is 0.467 e. The summed E-state index contributed by atoms with van der Waals surface area (Å²) in [7, 11) is 0. The Hall–Kier alpha value is -2.81. The second-order valence-electron chi connectivity index (χ2n) is 7.76. The highest BCUT2D eigenvalue weighted by atomic mass is 16.3. The van der Waals surface area contributed by atoms with Crippen molar-refractivity contribution in [3.63, 3.8) is 0 Å². The maximum atomic E-state index is 13.4. The van der Waals surface area contributed by atoms with Gasteiger partial charge in [-0.1, -0.05) is 61.5 Å². The van der Waals surface area contributed by atoms with Gasteiger partial charge in [-0.2, -0.15) is 0 Å². The number of amides is 1. The molecule has 3 aromatic rings. The fourth-order valence-electron chi connectivity index (χ4n) is 4.63. The van der Waals surface area contributed by atoms with Crippen molar-refractivity contribution in [3.05, 3.63) is 95.4 Å². The predicted molar refractivity (Wildman–Crippen MR) is 106 cm³/mol. The third kappa shape index (κ3) is 3.18. The number of hydrogen-bond acceptors (Lipinski definition) is 2. The second-order valence-corrected chi connectivity index (χ2v) is 7.76. The van der Waals surface area contributed by atoms with Crippen LogP contribution in [0.5, 0.6) is 0 Å². The van der Waals surface area contributed by atoms with Crippen molar-refractivity contribution in [3.8, 4) is 0 Å². The molecular formula is C24H25NO2. The van der Waals surface area contributed by atoms with E-state index in [4.69, 9.17) is 4.42 Å². The average molecular weight is 359 g/mol. The number of rotatable bonds is 4. The van der Waals surface area contributed by atoms with Gasteiger partial charge in [0.15, 0.2) is 0 Å². The van der Waals surface area contributed by atoms with Crippen LogP contribution in [0.3, 0.4) is 0 Å². The number of hydrogen-bond donors (Lipinski definition) is 1. The topological polar surface area (TPSA) is 42.2 Å². The van der Waals surface area contributed by atoms with E-state index in [1.807, 2.05) is 18.2 Å². The van der Waals surface area contributed by atoms with Crippen LogP contribution in [0.4, 0.5) is 0 Å². The molecule has 4 rings (SSSR count). The van der Waals surface area contributed by atoms with Gasteiger partial charge in [0.25, 0.3) is 0 Å². The molecule has 0 unspecified atom stereocenters. The van der Waals surface area contributed by atoms with Crippen LogP contribution in [0.2, 0.25) is 0 Å². The second kappa shape index (κ2) is 7.07. The van der Waals surface area contributed by atoms with Gasteiger partial charge in [0, 0.05) is 5.92 Å². The highest BCUT2D eigenvalue weighted by Crippen LogP contribution is 2.53. The average Bonchev–Trinajstić information content (AvgIpc) is 3.20. The molecule has 0 aliphatic heterocycles. The Kier molecular flexibility index (Phi) is 4.61. The molecule has 1 heterocycles. The van der Waals surface area contributed by atoms with Crippen molar-refractivity contribution in [2.75, 3.05) is 0 Å². The molecule has 0 bridgehead atoms. The van der Waals surface area contributed by atoms with Crippen molar-refractivity contribution in [1.29, 1.82) is 0 Å². The highest BCUT2D eigenvalue weighted by molar-refractivity contribution is 5.85. The first-order valence-electron chi connectivity index (χ1n) is 9.54. The van der Waals surface area contributed by atoms with Crippen LogP contribution in [0.25, 0.3) is 0 Å². The normalized spacial score (nSPS) is 24.2. The summed E-state index contributed by atoms with van der Waals surface area (Å²) in [5.41, 5.74) is 3.27. The van der Waals surface area contributed by atoms with Gasteiger partial charge in [-0.05, 0) is 48.1 Å². The predicted octanol–water partition coefficient (Wildman–Crippen LogP) is 5.24. The molecule has 3 atom stereocenters. The number of nitrogens with one attached hydrogen (secondary N) is 1. The summed E-state index contributed by atoms with van der Waals surface area (Å²) in [6, 6.07) is 22.7. The Balaban J connectivity index is 1.74. The van der Waals surface area contributed by atoms with E-state index in [0.29, 0.717) is 12.5 Å². The molecule has 1 N–H and O–H groups in total. The fourth-order valence-corrected chi connectivity index (χ4v) is 4.63. The monoisotopic (exact) mass is 359 g/mol. The molecule has 27 heavy (non-hydrogen) atoms. The SMILES string of the molecule is C[C@@H]1C[C@@](C)(C(=O)NCc2ccco2)[C@H](c2ccccc2)c2ccccc21. The third-order valence-electron chi connectivity index (χ3n) is 5.86. The van der Waals surface area contributed by atoms with E-state index in [1.165, 1.54) is 16.7 Å². The van der Waals surface area contributed by atoms with E-state index in [-0.39, 0.29) is 11.8 Å². The van der Waals surface area contributed by atoms with Crippen molar-refractivity contribution in [1.82, 2.24) is 5.32 Å². The van der Waals surface area contributed by atoms with Crippen LogP contribution in [0.1, 0.15) is 54.6 Å². The number of carbonyl (C=O) groups excluding carboxylic acids is 1. The first-order valence-corrected chi connectivity index (χ1v) is 9.54. The summed E-state index contributed by atoms with van der Waals surface area (Å²) in [5, 5.41) is 3.11. The molecule has 2 aromatic carbocycles. The number of carbonyl (C=O) groups is 1. The molecule has 3 nitrogen and oxygen atoms in total.